The van der Waals surface area contributed by atoms with Crippen molar-refractivity contribution in [3.63, 3.8) is 0 Å². The molecule has 10 rings (SSSR count). The van der Waals surface area contributed by atoms with Crippen LogP contribution in [-0.2, 0) is 0 Å². The van der Waals surface area contributed by atoms with Crippen LogP contribution in [0.3, 0.4) is 0 Å². The van der Waals surface area contributed by atoms with Crippen molar-refractivity contribution in [2.24, 2.45) is 0 Å². The van der Waals surface area contributed by atoms with Crippen LogP contribution in [0.25, 0.3) is 98.8 Å². The fourth-order valence-electron chi connectivity index (χ4n) is 7.13. The number of hydrogen-bond acceptors (Lipinski definition) is 1. The Bertz CT molecular complexity index is 3220. The Labute approximate surface area is 295 Å². The van der Waals surface area contributed by atoms with E-state index in [1.54, 1.807) is 24.3 Å². The SMILES string of the molecule is [2H]c1c([2H])c([2H])c2c(-c3ccc(-c4ccc(-c5ccc6oc7cc8ccccc8cc7c6c5)cc4)cc3)c3c([2H])c([2H])c([2H])c([2H])c3c(-c3ccccc3)c2c1[2H]. The minimum atomic E-state index is -0.418. The monoisotopic (exact) mass is 630 g/mol. The number of benzene rings is 9. The maximum absolute atomic E-state index is 9.16. The molecule has 49 heavy (non-hydrogen) atoms. The van der Waals surface area contributed by atoms with Crippen molar-refractivity contribution in [1.82, 2.24) is 0 Å². The molecule has 10 aromatic rings. The average Bonchev–Trinajstić information content (AvgIpc) is 3.61. The normalized spacial score (nSPS) is 14.0. The van der Waals surface area contributed by atoms with Crippen LogP contribution in [0.4, 0.5) is 0 Å². The van der Waals surface area contributed by atoms with Crippen LogP contribution in [0.2, 0.25) is 0 Å². The molecular weight excluding hydrogens is 593 g/mol. The lowest BCUT2D eigenvalue weighted by Crippen LogP contribution is -1.90. The molecule has 0 radical (unpaired) electrons. The van der Waals surface area contributed by atoms with Crippen molar-refractivity contribution in [2.45, 2.75) is 0 Å². The first kappa shape index (κ1) is 20.7. The highest BCUT2D eigenvalue weighted by molar-refractivity contribution is 6.21. The topological polar surface area (TPSA) is 13.1 Å². The predicted molar refractivity (Wildman–Crippen MR) is 208 cm³/mol. The van der Waals surface area contributed by atoms with E-state index >= 15 is 0 Å². The third-order valence-corrected chi connectivity index (χ3v) is 9.50. The predicted octanol–water partition coefficient (Wildman–Crippen LogP) is 13.7. The van der Waals surface area contributed by atoms with Crippen molar-refractivity contribution in [2.75, 3.05) is 0 Å². The van der Waals surface area contributed by atoms with Gasteiger partial charge in [0.25, 0.3) is 0 Å². The third kappa shape index (κ3) is 4.55. The quantitative estimate of drug-likeness (QED) is 0.176. The highest BCUT2D eigenvalue weighted by Crippen LogP contribution is 2.44. The van der Waals surface area contributed by atoms with Crippen molar-refractivity contribution in [3.05, 3.63) is 182 Å². The second-order valence-electron chi connectivity index (χ2n) is 12.3. The molecule has 0 aliphatic rings. The molecular formula is C48H30O. The molecule has 1 aromatic heterocycles. The van der Waals surface area contributed by atoms with Gasteiger partial charge in [-0.05, 0) is 101 Å². The maximum atomic E-state index is 9.16. The highest BCUT2D eigenvalue weighted by atomic mass is 16.3. The fraction of sp³-hybridized carbons (Fsp3) is 0. The lowest BCUT2D eigenvalue weighted by molar-refractivity contribution is 0.669. The van der Waals surface area contributed by atoms with Crippen molar-refractivity contribution in [3.8, 4) is 44.5 Å². The van der Waals surface area contributed by atoms with E-state index in [-0.39, 0.29) is 45.7 Å². The Morgan fingerprint density at radius 1 is 0.327 bits per heavy atom. The van der Waals surface area contributed by atoms with Gasteiger partial charge < -0.3 is 4.42 Å². The van der Waals surface area contributed by atoms with Crippen LogP contribution in [0.1, 0.15) is 11.0 Å². The summed E-state index contributed by atoms with van der Waals surface area (Å²) in [7, 11) is 0. The zero-order valence-corrected chi connectivity index (χ0v) is 26.1. The number of fused-ring (bicyclic) bond motifs is 6. The minimum absolute atomic E-state index is 0.199. The highest BCUT2D eigenvalue weighted by Gasteiger charge is 2.16. The first-order valence-corrected chi connectivity index (χ1v) is 16.2. The van der Waals surface area contributed by atoms with Gasteiger partial charge in [-0.1, -0.05) is 158 Å². The number of furan rings is 1. The van der Waals surface area contributed by atoms with Gasteiger partial charge in [0.15, 0.2) is 0 Å². The Balaban J connectivity index is 1.11. The molecule has 1 nitrogen and oxygen atoms in total. The Morgan fingerprint density at radius 3 is 1.33 bits per heavy atom. The van der Waals surface area contributed by atoms with Gasteiger partial charge in [-0.3, -0.25) is 0 Å². The van der Waals surface area contributed by atoms with Crippen LogP contribution in [0, 0.1) is 0 Å². The maximum Gasteiger partial charge on any atom is 0.136 e. The van der Waals surface area contributed by atoms with Crippen molar-refractivity contribution < 1.29 is 15.4 Å². The van der Waals surface area contributed by atoms with Gasteiger partial charge in [0.1, 0.15) is 11.2 Å². The third-order valence-electron chi connectivity index (χ3n) is 9.50. The first-order chi connectivity index (χ1) is 27.6. The number of hydrogen-bond donors (Lipinski definition) is 0. The summed E-state index contributed by atoms with van der Waals surface area (Å²) < 4.78 is 77.3. The second kappa shape index (κ2) is 11.1. The largest absolute Gasteiger partial charge is 0.456 e. The van der Waals surface area contributed by atoms with Crippen molar-refractivity contribution in [1.29, 1.82) is 0 Å². The van der Waals surface area contributed by atoms with Crippen molar-refractivity contribution >= 4 is 54.3 Å². The molecule has 0 aliphatic carbocycles. The van der Waals surface area contributed by atoms with Gasteiger partial charge in [0.05, 0.1) is 11.0 Å². The summed E-state index contributed by atoms with van der Waals surface area (Å²) in [5.41, 5.74) is 7.49. The standard InChI is InChI=1S/C48H30O/c1-2-10-34(11-3-1)47-39-14-6-8-16-41(39)48(42-17-9-7-15-40(42)47)35-24-22-32(23-25-35)31-18-20-33(21-19-31)38-26-27-45-43(29-38)44-28-36-12-4-5-13-37(36)30-46(44)49-45/h1-30H/i6D,7D,8D,9D,14D,15D,16D,17D. The summed E-state index contributed by atoms with van der Waals surface area (Å²) in [6.07, 6.45) is 0. The molecule has 0 bridgehead atoms. The van der Waals surface area contributed by atoms with Gasteiger partial charge in [0.2, 0.25) is 0 Å². The molecule has 1 heteroatoms. The average molecular weight is 631 g/mol. The number of rotatable bonds is 4. The van der Waals surface area contributed by atoms with E-state index < -0.39 is 24.2 Å². The van der Waals surface area contributed by atoms with Gasteiger partial charge in [0, 0.05) is 10.8 Å². The molecule has 0 saturated heterocycles. The molecule has 0 spiro atoms. The summed E-state index contributed by atoms with van der Waals surface area (Å²) in [6.45, 7) is 0. The molecule has 0 aliphatic heterocycles. The molecule has 0 fully saturated rings. The molecule has 228 valence electrons. The molecule has 0 amide bonds. The van der Waals surface area contributed by atoms with Gasteiger partial charge in [-0.15, -0.1) is 0 Å². The summed E-state index contributed by atoms with van der Waals surface area (Å²) in [5, 5.41) is 5.23. The lowest BCUT2D eigenvalue weighted by atomic mass is 9.86. The summed E-state index contributed by atoms with van der Waals surface area (Å²) in [4.78, 5) is 0. The zero-order valence-electron chi connectivity index (χ0n) is 34.1. The Kier molecular flexibility index (Phi) is 4.69. The van der Waals surface area contributed by atoms with E-state index in [0.717, 1.165) is 55.0 Å². The van der Waals surface area contributed by atoms with Crippen LogP contribution >= 0.6 is 0 Å². The van der Waals surface area contributed by atoms with Crippen LogP contribution in [-0.4, -0.2) is 0 Å². The van der Waals surface area contributed by atoms with Gasteiger partial charge in [-0.25, -0.2) is 0 Å². The Hall–Kier alpha value is -6.44. The molecule has 0 unspecified atom stereocenters. The van der Waals surface area contributed by atoms with Gasteiger partial charge >= 0.3 is 0 Å². The Morgan fingerprint density at radius 2 is 0.755 bits per heavy atom. The first-order valence-electron chi connectivity index (χ1n) is 20.2. The molecule has 9 aromatic carbocycles. The van der Waals surface area contributed by atoms with Crippen LogP contribution < -0.4 is 0 Å². The minimum Gasteiger partial charge on any atom is -0.456 e. The fourth-order valence-corrected chi connectivity index (χ4v) is 7.13. The van der Waals surface area contributed by atoms with E-state index in [1.807, 2.05) is 48.5 Å². The van der Waals surface area contributed by atoms with E-state index in [9.17, 15) is 0 Å². The van der Waals surface area contributed by atoms with Crippen LogP contribution in [0.5, 0.6) is 0 Å². The summed E-state index contributed by atoms with van der Waals surface area (Å²) in [5.74, 6) is 0. The molecule has 1 heterocycles. The van der Waals surface area contributed by atoms with Gasteiger partial charge in [-0.2, -0.15) is 0 Å². The van der Waals surface area contributed by atoms with E-state index in [4.69, 9.17) is 15.4 Å². The molecule has 0 saturated carbocycles. The smallest absolute Gasteiger partial charge is 0.136 e. The van der Waals surface area contributed by atoms with E-state index in [0.29, 0.717) is 22.3 Å². The molecule has 0 N–H and O–H groups in total. The van der Waals surface area contributed by atoms with Crippen LogP contribution in [0.15, 0.2) is 186 Å². The lowest BCUT2D eigenvalue weighted by Gasteiger charge is -2.18. The summed E-state index contributed by atoms with van der Waals surface area (Å²) in [6, 6.07) is 40.8. The van der Waals surface area contributed by atoms with E-state index in [1.165, 1.54) is 0 Å². The molecule has 0 atom stereocenters. The van der Waals surface area contributed by atoms with E-state index in [2.05, 4.69) is 60.7 Å². The summed E-state index contributed by atoms with van der Waals surface area (Å²) >= 11 is 0. The second-order valence-corrected chi connectivity index (χ2v) is 12.3. The zero-order chi connectivity index (χ0) is 39.3.